The molecule has 8 heteroatoms. The molecule has 1 aliphatic rings. The maximum Gasteiger partial charge on any atom is 0.264 e. The van der Waals surface area contributed by atoms with Gasteiger partial charge in [-0.15, -0.1) is 0 Å². The van der Waals surface area contributed by atoms with Crippen LogP contribution in [0.15, 0.2) is 23.1 Å². The van der Waals surface area contributed by atoms with Gasteiger partial charge in [0.05, 0.1) is 12.1 Å². The highest BCUT2D eigenvalue weighted by atomic mass is 35.7. The molecule has 1 aliphatic heterocycles. The molecule has 1 fully saturated rings. The molecule has 2 atom stereocenters. The molecular weight excluding hydrogens is 321 g/mol. The third kappa shape index (κ3) is 3.36. The largest absolute Gasteiger partial charge is 0.376 e. The van der Waals surface area contributed by atoms with E-state index in [0.29, 0.717) is 13.0 Å². The maximum atomic E-state index is 13.5. The molecule has 2 rings (SSSR count). The van der Waals surface area contributed by atoms with Crippen molar-refractivity contribution in [1.82, 2.24) is 4.90 Å². The zero-order chi connectivity index (χ0) is 15.8. The van der Waals surface area contributed by atoms with E-state index in [-0.39, 0.29) is 17.7 Å². The third-order valence-corrected chi connectivity index (χ3v) is 4.93. The lowest BCUT2D eigenvalue weighted by molar-refractivity contribution is 0.0574. The Kier molecular flexibility index (Phi) is 4.55. The van der Waals surface area contributed by atoms with Gasteiger partial charge in [0, 0.05) is 29.9 Å². The van der Waals surface area contributed by atoms with Crippen LogP contribution in [0, 0.1) is 5.82 Å². The number of rotatable bonds is 3. The van der Waals surface area contributed by atoms with Crippen molar-refractivity contribution >= 4 is 25.6 Å². The molecule has 1 aromatic rings. The van der Waals surface area contributed by atoms with E-state index in [2.05, 4.69) is 0 Å². The summed E-state index contributed by atoms with van der Waals surface area (Å²) in [4.78, 5) is 13.2. The van der Waals surface area contributed by atoms with Gasteiger partial charge in [-0.25, -0.2) is 12.8 Å². The van der Waals surface area contributed by atoms with Crippen LogP contribution in [0.2, 0.25) is 0 Å². The van der Waals surface area contributed by atoms with Crippen molar-refractivity contribution in [3.63, 3.8) is 0 Å². The number of hydrogen-bond acceptors (Lipinski definition) is 4. The predicted octanol–water partition coefficient (Wildman–Crippen LogP) is 2.00. The fourth-order valence-electron chi connectivity index (χ4n) is 2.41. The van der Waals surface area contributed by atoms with Gasteiger partial charge in [-0.05, 0) is 31.5 Å². The van der Waals surface area contributed by atoms with Crippen LogP contribution in [-0.2, 0) is 13.8 Å². The minimum atomic E-state index is -4.24. The van der Waals surface area contributed by atoms with Crippen molar-refractivity contribution < 1.29 is 22.3 Å². The minimum absolute atomic E-state index is 0.0669. The highest BCUT2D eigenvalue weighted by molar-refractivity contribution is 8.13. The second-order valence-corrected chi connectivity index (χ2v) is 7.47. The molecule has 0 saturated carbocycles. The average Bonchev–Trinajstić information content (AvgIpc) is 2.82. The summed E-state index contributed by atoms with van der Waals surface area (Å²) in [6, 6.07) is 3.01. The Labute approximate surface area is 127 Å². The monoisotopic (exact) mass is 335 g/mol. The van der Waals surface area contributed by atoms with Gasteiger partial charge in [0.15, 0.2) is 0 Å². The summed E-state index contributed by atoms with van der Waals surface area (Å²) in [6.07, 6.45) is 0.598. The molecular formula is C13H15ClFNO4S. The lowest BCUT2D eigenvalue weighted by Gasteiger charge is -2.26. The van der Waals surface area contributed by atoms with Crippen molar-refractivity contribution in [2.75, 3.05) is 13.7 Å². The summed E-state index contributed by atoms with van der Waals surface area (Å²) in [5.41, 5.74) is 0.0669. The second-order valence-electron chi connectivity index (χ2n) is 4.93. The normalized spacial score (nSPS) is 22.3. The van der Waals surface area contributed by atoms with Crippen molar-refractivity contribution in [3.8, 4) is 0 Å². The molecule has 1 saturated heterocycles. The molecule has 0 N–H and O–H groups in total. The number of ether oxygens (including phenoxy) is 1. The van der Waals surface area contributed by atoms with E-state index >= 15 is 0 Å². The Morgan fingerprint density at radius 1 is 1.48 bits per heavy atom. The number of benzene rings is 1. The first-order valence-corrected chi connectivity index (χ1v) is 8.65. The molecule has 116 valence electrons. The van der Waals surface area contributed by atoms with E-state index < -0.39 is 25.7 Å². The van der Waals surface area contributed by atoms with Crippen LogP contribution >= 0.6 is 10.7 Å². The summed E-state index contributed by atoms with van der Waals surface area (Å²) in [5.74, 6) is -1.39. The van der Waals surface area contributed by atoms with E-state index in [1.165, 1.54) is 11.0 Å². The standard InChI is InChI=1S/C13H15ClFNO4S/c1-8-11(5-6-20-8)16(2)13(17)9-3-4-10(15)12(7-9)21(14,18)19/h3-4,7-8,11H,5-6H2,1-2H3. The average molecular weight is 336 g/mol. The van der Waals surface area contributed by atoms with E-state index in [1.54, 1.807) is 7.05 Å². The molecule has 0 bridgehead atoms. The highest BCUT2D eigenvalue weighted by Gasteiger charge is 2.31. The SMILES string of the molecule is CC1OCCC1N(C)C(=O)c1ccc(F)c(S(=O)(=O)Cl)c1. The van der Waals surface area contributed by atoms with Gasteiger partial charge in [-0.1, -0.05) is 0 Å². The number of nitrogens with zero attached hydrogens (tertiary/aromatic N) is 1. The van der Waals surface area contributed by atoms with E-state index in [9.17, 15) is 17.6 Å². The number of likely N-dealkylation sites (N-methyl/N-ethyl adjacent to an activating group) is 1. The molecule has 1 amide bonds. The number of carbonyl (C=O) groups is 1. The van der Waals surface area contributed by atoms with Gasteiger partial charge in [0.25, 0.3) is 15.0 Å². The van der Waals surface area contributed by atoms with Gasteiger partial charge >= 0.3 is 0 Å². The minimum Gasteiger partial charge on any atom is -0.376 e. The Hall–Kier alpha value is -1.18. The fourth-order valence-corrected chi connectivity index (χ4v) is 3.33. The number of hydrogen-bond donors (Lipinski definition) is 0. The smallest absolute Gasteiger partial charge is 0.264 e. The fraction of sp³-hybridized carbons (Fsp3) is 0.462. The van der Waals surface area contributed by atoms with Crippen LogP contribution in [0.25, 0.3) is 0 Å². The highest BCUT2D eigenvalue weighted by Crippen LogP contribution is 2.23. The summed E-state index contributed by atoms with van der Waals surface area (Å²) in [6.45, 7) is 2.43. The Morgan fingerprint density at radius 2 is 2.14 bits per heavy atom. The molecule has 1 aromatic carbocycles. The first-order chi connectivity index (χ1) is 9.71. The maximum absolute atomic E-state index is 13.5. The van der Waals surface area contributed by atoms with E-state index in [4.69, 9.17) is 15.4 Å². The van der Waals surface area contributed by atoms with Gasteiger partial charge < -0.3 is 9.64 Å². The number of carbonyl (C=O) groups excluding carboxylic acids is 1. The van der Waals surface area contributed by atoms with Crippen molar-refractivity contribution in [2.24, 2.45) is 0 Å². The molecule has 5 nitrogen and oxygen atoms in total. The van der Waals surface area contributed by atoms with Crippen molar-refractivity contribution in [1.29, 1.82) is 0 Å². The Morgan fingerprint density at radius 3 is 2.67 bits per heavy atom. The van der Waals surface area contributed by atoms with Crippen LogP contribution in [0.1, 0.15) is 23.7 Å². The summed E-state index contributed by atoms with van der Waals surface area (Å²) < 4.78 is 41.5. The molecule has 1 heterocycles. The van der Waals surface area contributed by atoms with Gasteiger partial charge in [0.2, 0.25) is 0 Å². The lowest BCUT2D eigenvalue weighted by Crippen LogP contribution is -2.41. The molecule has 0 aromatic heterocycles. The van der Waals surface area contributed by atoms with Gasteiger partial charge in [-0.3, -0.25) is 4.79 Å². The summed E-state index contributed by atoms with van der Waals surface area (Å²) in [7, 11) is 2.52. The van der Waals surface area contributed by atoms with Crippen LogP contribution in [-0.4, -0.2) is 45.0 Å². The van der Waals surface area contributed by atoms with E-state index in [0.717, 1.165) is 12.1 Å². The summed E-state index contributed by atoms with van der Waals surface area (Å²) >= 11 is 0. The van der Waals surface area contributed by atoms with Crippen LogP contribution in [0.3, 0.4) is 0 Å². The molecule has 0 aliphatic carbocycles. The second kappa shape index (κ2) is 5.90. The third-order valence-electron chi connectivity index (χ3n) is 3.59. The molecule has 0 radical (unpaired) electrons. The number of amides is 1. The van der Waals surface area contributed by atoms with Crippen molar-refractivity contribution in [3.05, 3.63) is 29.6 Å². The quantitative estimate of drug-likeness (QED) is 0.793. The van der Waals surface area contributed by atoms with Gasteiger partial charge in [-0.2, -0.15) is 0 Å². The van der Waals surface area contributed by atoms with Crippen LogP contribution < -0.4 is 0 Å². The van der Waals surface area contributed by atoms with Gasteiger partial charge in [0.1, 0.15) is 10.7 Å². The van der Waals surface area contributed by atoms with Crippen LogP contribution in [0.4, 0.5) is 4.39 Å². The topological polar surface area (TPSA) is 63.7 Å². The Balaban J connectivity index is 2.32. The molecule has 0 spiro atoms. The lowest BCUT2D eigenvalue weighted by atomic mass is 10.1. The molecule has 2 unspecified atom stereocenters. The zero-order valence-corrected chi connectivity index (χ0v) is 13.1. The number of halogens is 2. The zero-order valence-electron chi connectivity index (χ0n) is 11.5. The van der Waals surface area contributed by atoms with Crippen LogP contribution in [0.5, 0.6) is 0 Å². The van der Waals surface area contributed by atoms with Crippen molar-refractivity contribution in [2.45, 2.75) is 30.4 Å². The first-order valence-electron chi connectivity index (χ1n) is 6.35. The molecule has 21 heavy (non-hydrogen) atoms. The summed E-state index contributed by atoms with van der Waals surface area (Å²) in [5, 5.41) is 0. The Bertz CT molecular complexity index is 664. The predicted molar refractivity (Wildman–Crippen MR) is 75.4 cm³/mol. The first kappa shape index (κ1) is 16.2. The van der Waals surface area contributed by atoms with E-state index in [1.807, 2.05) is 6.92 Å².